The molecule has 5 heteroatoms. The zero-order chi connectivity index (χ0) is 6.28. The van der Waals surface area contributed by atoms with Crippen LogP contribution in [0.2, 0.25) is 0 Å². The van der Waals surface area contributed by atoms with Gasteiger partial charge in [-0.25, -0.2) is 4.79 Å². The Kier molecular flexibility index (Phi) is 12.4. The molecule has 0 aliphatic carbocycles. The first kappa shape index (κ1) is 9.61. The van der Waals surface area contributed by atoms with Gasteiger partial charge in [-0.15, -0.1) is 0 Å². The van der Waals surface area contributed by atoms with E-state index in [0.29, 0.717) is 0 Å². The molecule has 7 heavy (non-hydrogen) atoms. The molecule has 0 bridgehead atoms. The van der Waals surface area contributed by atoms with Crippen LogP contribution in [-0.4, -0.2) is 21.7 Å². The molecule has 0 aliphatic heterocycles. The van der Waals surface area contributed by atoms with Crippen molar-refractivity contribution in [3.8, 4) is 0 Å². The maximum absolute atomic E-state index is 9.34. The molecule has 0 radical (unpaired) electrons. The molecule has 0 saturated heterocycles. The molecule has 0 aromatic heterocycles. The second-order valence-electron chi connectivity index (χ2n) is 0.583. The van der Waals surface area contributed by atoms with Gasteiger partial charge in [0.05, 0.1) is 0 Å². The van der Waals surface area contributed by atoms with E-state index >= 15 is 0 Å². The predicted molar refractivity (Wildman–Crippen MR) is 19.7 cm³/mol. The number of carbonyl (C=O) groups is 1. The molecule has 0 rings (SSSR count). The van der Waals surface area contributed by atoms with Gasteiger partial charge in [-0.1, -0.05) is 0 Å². The Balaban J connectivity index is 0. The molecule has 0 unspecified atom stereocenters. The van der Waals surface area contributed by atoms with Crippen molar-refractivity contribution in [2.24, 2.45) is 0 Å². The molecule has 0 aromatic carbocycles. The Hall–Kier alpha value is -0.650. The molecule has 0 fully saturated rings. The third kappa shape index (κ3) is 32.9. The van der Waals surface area contributed by atoms with E-state index < -0.39 is 5.97 Å². The van der Waals surface area contributed by atoms with Crippen molar-refractivity contribution in [3.05, 3.63) is 0 Å². The minimum atomic E-state index is -0.690. The highest BCUT2D eigenvalue weighted by Crippen LogP contribution is 1.59. The lowest BCUT2D eigenvalue weighted by molar-refractivity contribution is -0.231. The third-order valence-electron chi connectivity index (χ3n) is 0.129. The second kappa shape index (κ2) is 9.02. The van der Waals surface area contributed by atoms with E-state index in [2.05, 4.69) is 4.89 Å². The summed E-state index contributed by atoms with van der Waals surface area (Å²) < 4.78 is 0. The lowest BCUT2D eigenvalue weighted by atomic mass is 10.9. The summed E-state index contributed by atoms with van der Waals surface area (Å²) in [5, 5.41) is 19.3. The Labute approximate surface area is 39.6 Å². The fourth-order valence-electron chi connectivity index (χ4n) is 0. The first-order chi connectivity index (χ1) is 3.27. The Morgan fingerprint density at radius 3 is 1.71 bits per heavy atom. The van der Waals surface area contributed by atoms with E-state index in [1.807, 2.05) is 0 Å². The van der Waals surface area contributed by atoms with Gasteiger partial charge in [-0.2, -0.15) is 5.26 Å². The number of hydrogen-bond acceptors (Lipinski definition) is 5. The first-order valence-electron chi connectivity index (χ1n) is 1.29. The van der Waals surface area contributed by atoms with Crippen LogP contribution in [0.5, 0.6) is 0 Å². The van der Waals surface area contributed by atoms with Crippen molar-refractivity contribution >= 4 is 5.97 Å². The number of rotatable bonds is 0. The predicted octanol–water partition coefficient (Wildman–Crippen LogP) is 0.0399. The van der Waals surface area contributed by atoms with E-state index in [-0.39, 0.29) is 0 Å². The van der Waals surface area contributed by atoms with Crippen molar-refractivity contribution in [2.75, 3.05) is 0 Å². The Morgan fingerprint density at radius 1 is 1.57 bits per heavy atom. The molecule has 0 amide bonds. The minimum absolute atomic E-state index is 0.690. The van der Waals surface area contributed by atoms with Crippen LogP contribution in [0.25, 0.3) is 0 Å². The van der Waals surface area contributed by atoms with Crippen LogP contribution in [0.15, 0.2) is 0 Å². The summed E-state index contributed by atoms with van der Waals surface area (Å²) in [4.78, 5) is 12.5. The normalized spacial score (nSPS) is 5.71. The zero-order valence-corrected chi connectivity index (χ0v) is 3.66. The summed E-state index contributed by atoms with van der Waals surface area (Å²) in [5.74, 6) is -0.690. The molecule has 0 atom stereocenters. The van der Waals surface area contributed by atoms with E-state index in [1.54, 1.807) is 0 Å². The van der Waals surface area contributed by atoms with Gasteiger partial charge >= 0.3 is 5.97 Å². The van der Waals surface area contributed by atoms with Crippen LogP contribution in [0.3, 0.4) is 0 Å². The maximum atomic E-state index is 9.34. The molecular weight excluding hydrogens is 104 g/mol. The average Bonchev–Trinajstić information content (AvgIpc) is 1.73. The summed E-state index contributed by atoms with van der Waals surface area (Å²) >= 11 is 0. The largest absolute Gasteiger partial charge is 0.339 e. The van der Waals surface area contributed by atoms with Gasteiger partial charge in [0.2, 0.25) is 0 Å². The zero-order valence-electron chi connectivity index (χ0n) is 3.66. The average molecular weight is 110 g/mol. The van der Waals surface area contributed by atoms with Gasteiger partial charge in [-0.3, -0.25) is 10.5 Å². The number of carbonyl (C=O) groups excluding carboxylic acids is 1. The van der Waals surface area contributed by atoms with Crippen LogP contribution in [0.1, 0.15) is 6.92 Å². The van der Waals surface area contributed by atoms with Gasteiger partial charge < -0.3 is 4.89 Å². The lowest BCUT2D eigenvalue weighted by Gasteiger charge is -1.76. The summed E-state index contributed by atoms with van der Waals surface area (Å²) in [6.45, 7) is 1.11. The molecule has 0 heterocycles. The highest BCUT2D eigenvalue weighted by molar-refractivity contribution is 5.64. The van der Waals surface area contributed by atoms with Gasteiger partial charge in [0.25, 0.3) is 0 Å². The van der Waals surface area contributed by atoms with Crippen molar-refractivity contribution < 1.29 is 25.5 Å². The molecule has 0 saturated carbocycles. The molecule has 5 nitrogen and oxygen atoms in total. The van der Waals surface area contributed by atoms with Gasteiger partial charge in [-0.05, 0) is 0 Å². The lowest BCUT2D eigenvalue weighted by Crippen LogP contribution is -1.89. The standard InChI is InChI=1S/C2H4O3.H2O2/c1-2(3)5-4;1-2/h4H,1H3;1-2H. The van der Waals surface area contributed by atoms with Crippen LogP contribution >= 0.6 is 0 Å². The van der Waals surface area contributed by atoms with Crippen LogP contribution in [-0.2, 0) is 9.68 Å². The molecule has 0 aliphatic rings. The van der Waals surface area contributed by atoms with Crippen molar-refractivity contribution in [3.63, 3.8) is 0 Å². The van der Waals surface area contributed by atoms with Crippen molar-refractivity contribution in [1.29, 1.82) is 0 Å². The fourth-order valence-corrected chi connectivity index (χ4v) is 0. The molecule has 0 spiro atoms. The second-order valence-corrected chi connectivity index (χ2v) is 0.583. The van der Waals surface area contributed by atoms with Gasteiger partial charge in [0, 0.05) is 6.92 Å². The van der Waals surface area contributed by atoms with Crippen LogP contribution < -0.4 is 0 Å². The molecular formula is C2H6O5. The van der Waals surface area contributed by atoms with Crippen molar-refractivity contribution in [2.45, 2.75) is 6.92 Å². The summed E-state index contributed by atoms with van der Waals surface area (Å²) in [7, 11) is 0. The molecule has 3 N–H and O–H groups in total. The summed E-state index contributed by atoms with van der Waals surface area (Å²) in [5.41, 5.74) is 0. The number of hydrogen-bond donors (Lipinski definition) is 3. The minimum Gasteiger partial charge on any atom is -0.301 e. The first-order valence-corrected chi connectivity index (χ1v) is 1.29. The molecule has 0 aromatic rings. The Bertz CT molecular complexity index is 41.3. The van der Waals surface area contributed by atoms with Gasteiger partial charge in [0.15, 0.2) is 0 Å². The van der Waals surface area contributed by atoms with Crippen LogP contribution in [0, 0.1) is 0 Å². The monoisotopic (exact) mass is 110 g/mol. The third-order valence-corrected chi connectivity index (χ3v) is 0.129. The van der Waals surface area contributed by atoms with E-state index in [0.717, 1.165) is 6.92 Å². The maximum Gasteiger partial charge on any atom is 0.339 e. The summed E-state index contributed by atoms with van der Waals surface area (Å²) in [6.07, 6.45) is 0. The SMILES string of the molecule is CC(=O)OO.OO. The van der Waals surface area contributed by atoms with E-state index in [4.69, 9.17) is 15.8 Å². The highest BCUT2D eigenvalue weighted by atomic mass is 17.1. The molecule has 44 valence electrons. The quantitative estimate of drug-likeness (QED) is 0.302. The van der Waals surface area contributed by atoms with E-state index in [9.17, 15) is 4.79 Å². The fraction of sp³-hybridized carbons (Fsp3) is 0.500. The topological polar surface area (TPSA) is 87.0 Å². The smallest absolute Gasteiger partial charge is 0.301 e. The van der Waals surface area contributed by atoms with Gasteiger partial charge in [0.1, 0.15) is 0 Å². The van der Waals surface area contributed by atoms with Crippen molar-refractivity contribution in [1.82, 2.24) is 0 Å². The summed E-state index contributed by atoms with van der Waals surface area (Å²) in [6, 6.07) is 0. The Morgan fingerprint density at radius 2 is 1.71 bits per heavy atom. The highest BCUT2D eigenvalue weighted by Gasteiger charge is 1.79. The van der Waals surface area contributed by atoms with Crippen LogP contribution in [0.4, 0.5) is 0 Å². The van der Waals surface area contributed by atoms with E-state index in [1.165, 1.54) is 0 Å².